The minimum Gasteiger partial charge on any atom is -0.433 e. The maximum Gasteiger partial charge on any atom is 0.310 e. The number of pyridine rings is 1. The molecule has 5 atom stereocenters. The monoisotopic (exact) mass is 508 g/mol. The number of fused-ring (bicyclic) bond motifs is 2. The van der Waals surface area contributed by atoms with Crippen molar-refractivity contribution in [1.82, 2.24) is 20.5 Å². The highest BCUT2D eigenvalue weighted by atomic mass is 16.7. The number of rotatable bonds is 6. The van der Waals surface area contributed by atoms with Gasteiger partial charge in [-0.05, 0) is 44.1 Å². The Labute approximate surface area is 215 Å². The molecule has 3 fully saturated rings. The maximum atomic E-state index is 13.8. The highest BCUT2D eigenvalue weighted by Crippen LogP contribution is 2.32. The van der Waals surface area contributed by atoms with Crippen LogP contribution in [-0.4, -0.2) is 70.6 Å². The summed E-state index contributed by atoms with van der Waals surface area (Å²) in [6.07, 6.45) is 5.02. The number of hydrogen-bond donors (Lipinski definition) is 2. The average Bonchev–Trinajstić information content (AvgIpc) is 3.46. The molecule has 3 saturated heterocycles. The first-order valence-electron chi connectivity index (χ1n) is 13.0. The van der Waals surface area contributed by atoms with Crippen molar-refractivity contribution < 1.29 is 28.7 Å². The Balaban J connectivity index is 1.33. The minimum atomic E-state index is -0.832. The Morgan fingerprint density at radius 1 is 1.08 bits per heavy atom. The lowest BCUT2D eigenvalue weighted by molar-refractivity contribution is -0.164. The van der Waals surface area contributed by atoms with E-state index in [4.69, 9.17) is 9.47 Å². The number of nitrogens with zero attached hydrogens (tertiary/aromatic N) is 2. The van der Waals surface area contributed by atoms with E-state index in [0.29, 0.717) is 31.3 Å². The first-order chi connectivity index (χ1) is 18.0. The van der Waals surface area contributed by atoms with Crippen molar-refractivity contribution in [2.45, 2.75) is 82.3 Å². The summed E-state index contributed by atoms with van der Waals surface area (Å²) in [6.45, 7) is 2.13. The third kappa shape index (κ3) is 5.16. The molecule has 3 aliphatic heterocycles. The van der Waals surface area contributed by atoms with Crippen molar-refractivity contribution in [3.63, 3.8) is 0 Å². The Morgan fingerprint density at radius 3 is 2.73 bits per heavy atom. The van der Waals surface area contributed by atoms with Gasteiger partial charge in [0.1, 0.15) is 23.8 Å². The SMILES string of the molecule is CCOC1OC(=O)C[C@@H]1NC(=O)C1CC[C@@H]2CCCC[C@H](NC(=O)c3nccc4ccccc34)C(=O)N12. The first-order valence-corrected chi connectivity index (χ1v) is 13.0. The van der Waals surface area contributed by atoms with Crippen LogP contribution < -0.4 is 10.6 Å². The molecule has 3 aliphatic rings. The molecule has 0 radical (unpaired) electrons. The highest BCUT2D eigenvalue weighted by molar-refractivity contribution is 6.06. The molecule has 2 aromatic rings. The van der Waals surface area contributed by atoms with E-state index in [9.17, 15) is 19.2 Å². The zero-order valence-electron chi connectivity index (χ0n) is 20.9. The molecule has 10 nitrogen and oxygen atoms in total. The molecule has 1 aromatic carbocycles. The maximum absolute atomic E-state index is 13.8. The van der Waals surface area contributed by atoms with Gasteiger partial charge in [0.15, 0.2) is 0 Å². The second kappa shape index (κ2) is 10.8. The van der Waals surface area contributed by atoms with Crippen LogP contribution in [-0.2, 0) is 23.9 Å². The Hall–Kier alpha value is -3.53. The van der Waals surface area contributed by atoms with Gasteiger partial charge in [0.05, 0.1) is 6.42 Å². The Kier molecular flexibility index (Phi) is 7.36. The molecule has 2 N–H and O–H groups in total. The summed E-state index contributed by atoms with van der Waals surface area (Å²) in [5.74, 6) is -1.42. The van der Waals surface area contributed by atoms with Crippen molar-refractivity contribution in [2.75, 3.05) is 6.61 Å². The number of ether oxygens (including phenoxy) is 2. The fraction of sp³-hybridized carbons (Fsp3) is 0.519. The summed E-state index contributed by atoms with van der Waals surface area (Å²) < 4.78 is 10.6. The molecule has 1 aromatic heterocycles. The van der Waals surface area contributed by atoms with Gasteiger partial charge in [0, 0.05) is 24.2 Å². The molecule has 37 heavy (non-hydrogen) atoms. The summed E-state index contributed by atoms with van der Waals surface area (Å²) in [5.41, 5.74) is 0.271. The van der Waals surface area contributed by atoms with Crippen LogP contribution in [0.3, 0.4) is 0 Å². The summed E-state index contributed by atoms with van der Waals surface area (Å²) in [5, 5.41) is 7.40. The van der Waals surface area contributed by atoms with Gasteiger partial charge in [-0.2, -0.15) is 0 Å². The van der Waals surface area contributed by atoms with E-state index in [2.05, 4.69) is 15.6 Å². The molecule has 0 aliphatic carbocycles. The molecule has 2 unspecified atom stereocenters. The van der Waals surface area contributed by atoms with Gasteiger partial charge < -0.3 is 25.0 Å². The van der Waals surface area contributed by atoms with Crippen LogP contribution in [0.4, 0.5) is 0 Å². The topological polar surface area (TPSA) is 127 Å². The van der Waals surface area contributed by atoms with Crippen molar-refractivity contribution in [3.8, 4) is 0 Å². The molecule has 0 saturated carbocycles. The van der Waals surface area contributed by atoms with Gasteiger partial charge in [0.25, 0.3) is 5.91 Å². The Bertz CT molecular complexity index is 1200. The van der Waals surface area contributed by atoms with Gasteiger partial charge in [-0.15, -0.1) is 0 Å². The van der Waals surface area contributed by atoms with E-state index in [0.717, 1.165) is 24.6 Å². The quantitative estimate of drug-likeness (QED) is 0.572. The fourth-order valence-corrected chi connectivity index (χ4v) is 5.70. The largest absolute Gasteiger partial charge is 0.433 e. The van der Waals surface area contributed by atoms with E-state index in [1.54, 1.807) is 18.0 Å². The molecule has 0 spiro atoms. The smallest absolute Gasteiger partial charge is 0.310 e. The Morgan fingerprint density at radius 2 is 1.89 bits per heavy atom. The highest BCUT2D eigenvalue weighted by Gasteiger charge is 2.46. The number of nitrogens with one attached hydrogen (secondary N) is 2. The lowest BCUT2D eigenvalue weighted by Gasteiger charge is -2.35. The minimum absolute atomic E-state index is 0.0250. The van der Waals surface area contributed by atoms with Gasteiger partial charge >= 0.3 is 5.97 Å². The second-order valence-corrected chi connectivity index (χ2v) is 9.82. The number of aromatic nitrogens is 1. The number of esters is 1. The van der Waals surface area contributed by atoms with Crippen molar-refractivity contribution in [2.24, 2.45) is 0 Å². The first kappa shape index (κ1) is 25.1. The molecule has 5 rings (SSSR count). The number of amides is 3. The van der Waals surface area contributed by atoms with Gasteiger partial charge in [-0.25, -0.2) is 0 Å². The van der Waals surface area contributed by atoms with Crippen LogP contribution in [0.5, 0.6) is 0 Å². The molecule has 4 heterocycles. The lowest BCUT2D eigenvalue weighted by atomic mass is 9.98. The lowest BCUT2D eigenvalue weighted by Crippen LogP contribution is -2.57. The third-order valence-electron chi connectivity index (χ3n) is 7.45. The molecule has 3 amide bonds. The zero-order chi connectivity index (χ0) is 25.9. The van der Waals surface area contributed by atoms with Crippen LogP contribution in [0.2, 0.25) is 0 Å². The van der Waals surface area contributed by atoms with E-state index >= 15 is 0 Å². The van der Waals surface area contributed by atoms with E-state index in [1.165, 1.54) is 0 Å². The standard InChI is InChI=1S/C27H32N4O6/c1-2-36-27-20(15-22(32)37-27)30-24(33)21-12-11-17-8-4-6-10-19(26(35)31(17)21)29-25(34)23-18-9-5-3-7-16(18)13-14-28-23/h3,5,7,9,13-14,17,19-21,27H,2,4,6,8,10-12,15H2,1H3,(H,29,34)(H,30,33)/t17-,19-,20-,21?,27?/m0/s1. The van der Waals surface area contributed by atoms with Crippen LogP contribution in [0.25, 0.3) is 10.8 Å². The summed E-state index contributed by atoms with van der Waals surface area (Å²) in [4.78, 5) is 58.1. The number of cyclic esters (lactones) is 1. The number of carbonyl (C=O) groups excluding carboxylic acids is 4. The number of benzene rings is 1. The summed E-state index contributed by atoms with van der Waals surface area (Å²) in [7, 11) is 0. The van der Waals surface area contributed by atoms with Crippen molar-refractivity contribution in [3.05, 3.63) is 42.2 Å². The van der Waals surface area contributed by atoms with Crippen LogP contribution in [0.1, 0.15) is 62.4 Å². The summed E-state index contributed by atoms with van der Waals surface area (Å²) >= 11 is 0. The second-order valence-electron chi connectivity index (χ2n) is 9.82. The average molecular weight is 509 g/mol. The predicted octanol–water partition coefficient (Wildman–Crippen LogP) is 2.06. The molecule has 196 valence electrons. The van der Waals surface area contributed by atoms with Gasteiger partial charge in [0.2, 0.25) is 18.1 Å². The number of carbonyl (C=O) groups is 4. The van der Waals surface area contributed by atoms with Gasteiger partial charge in [-0.1, -0.05) is 37.1 Å². The van der Waals surface area contributed by atoms with E-state index in [-0.39, 0.29) is 30.0 Å². The molecule has 0 bridgehead atoms. The molecular weight excluding hydrogens is 476 g/mol. The summed E-state index contributed by atoms with van der Waals surface area (Å²) in [6, 6.07) is 7.22. The predicted molar refractivity (Wildman–Crippen MR) is 133 cm³/mol. The number of hydrogen-bond acceptors (Lipinski definition) is 7. The van der Waals surface area contributed by atoms with Crippen LogP contribution >= 0.6 is 0 Å². The van der Waals surface area contributed by atoms with Crippen molar-refractivity contribution in [1.29, 1.82) is 0 Å². The molecule has 10 heteroatoms. The van der Waals surface area contributed by atoms with Gasteiger partial charge in [-0.3, -0.25) is 24.2 Å². The van der Waals surface area contributed by atoms with Crippen LogP contribution in [0.15, 0.2) is 36.5 Å². The fourth-order valence-electron chi connectivity index (χ4n) is 5.70. The van der Waals surface area contributed by atoms with Crippen molar-refractivity contribution >= 4 is 34.5 Å². The van der Waals surface area contributed by atoms with E-state index < -0.39 is 36.3 Å². The third-order valence-corrected chi connectivity index (χ3v) is 7.45. The molecular formula is C27H32N4O6. The van der Waals surface area contributed by atoms with E-state index in [1.807, 2.05) is 30.3 Å². The normalized spacial score (nSPS) is 27.8. The zero-order valence-corrected chi connectivity index (χ0v) is 20.9. The van der Waals surface area contributed by atoms with Crippen LogP contribution in [0, 0.1) is 0 Å².